The van der Waals surface area contributed by atoms with E-state index < -0.39 is 0 Å². The van der Waals surface area contributed by atoms with Gasteiger partial charge in [-0.25, -0.2) is 4.98 Å². The minimum Gasteiger partial charge on any atom is -0.396 e. The molecule has 0 aromatic carbocycles. The molecule has 16 heavy (non-hydrogen) atoms. The van der Waals surface area contributed by atoms with Crippen LogP contribution in [0.1, 0.15) is 18.9 Å². The Bertz CT molecular complexity index is 365. The molecule has 1 amide bonds. The van der Waals surface area contributed by atoms with E-state index in [0.717, 1.165) is 12.0 Å². The van der Waals surface area contributed by atoms with Gasteiger partial charge in [-0.15, -0.1) is 0 Å². The van der Waals surface area contributed by atoms with Crippen LogP contribution in [0.2, 0.25) is 0 Å². The molecule has 1 aromatic heterocycles. The summed E-state index contributed by atoms with van der Waals surface area (Å²) < 4.78 is 0. The van der Waals surface area contributed by atoms with Crippen molar-refractivity contribution in [3.05, 3.63) is 17.8 Å². The van der Waals surface area contributed by atoms with Crippen molar-refractivity contribution in [1.29, 1.82) is 0 Å². The zero-order valence-electron chi connectivity index (χ0n) is 9.71. The van der Waals surface area contributed by atoms with E-state index in [1.807, 2.05) is 19.9 Å². The van der Waals surface area contributed by atoms with Crippen molar-refractivity contribution in [3.63, 3.8) is 0 Å². The highest BCUT2D eigenvalue weighted by atomic mass is 16.1. The van der Waals surface area contributed by atoms with Crippen LogP contribution in [0.15, 0.2) is 12.3 Å². The Morgan fingerprint density at radius 2 is 2.31 bits per heavy atom. The molecule has 0 radical (unpaired) electrons. The molecule has 0 fully saturated rings. The minimum atomic E-state index is -0.0513. The van der Waals surface area contributed by atoms with Crippen LogP contribution in [0.25, 0.3) is 0 Å². The lowest BCUT2D eigenvalue weighted by Gasteiger charge is -2.09. The van der Waals surface area contributed by atoms with Gasteiger partial charge in [0, 0.05) is 12.7 Å². The maximum absolute atomic E-state index is 11.3. The normalized spacial score (nSPS) is 9.88. The number of nitrogens with one attached hydrogen (secondary N) is 2. The lowest BCUT2D eigenvalue weighted by molar-refractivity contribution is -0.119. The van der Waals surface area contributed by atoms with Crippen LogP contribution in [0.3, 0.4) is 0 Å². The molecule has 0 unspecified atom stereocenters. The predicted octanol–water partition coefficient (Wildman–Crippen LogP) is 0.910. The molecule has 0 atom stereocenters. The first-order valence-corrected chi connectivity index (χ1v) is 5.36. The van der Waals surface area contributed by atoms with Gasteiger partial charge < -0.3 is 16.4 Å². The van der Waals surface area contributed by atoms with Gasteiger partial charge in [0.15, 0.2) is 0 Å². The summed E-state index contributed by atoms with van der Waals surface area (Å²) in [7, 11) is 0. The average Bonchev–Trinajstić information content (AvgIpc) is 2.28. The molecule has 0 spiro atoms. The Morgan fingerprint density at radius 3 is 3.00 bits per heavy atom. The van der Waals surface area contributed by atoms with E-state index in [9.17, 15) is 4.79 Å². The van der Waals surface area contributed by atoms with Gasteiger partial charge in [0.2, 0.25) is 5.91 Å². The van der Waals surface area contributed by atoms with Gasteiger partial charge in [0.05, 0.1) is 12.2 Å². The third-order valence-electron chi connectivity index (χ3n) is 2.20. The third-order valence-corrected chi connectivity index (χ3v) is 2.20. The second-order valence-electron chi connectivity index (χ2n) is 3.59. The van der Waals surface area contributed by atoms with Gasteiger partial charge in [0.1, 0.15) is 5.82 Å². The standard InChI is InChI=1S/C11H18N4O/c1-3-5-13-9(16)7-15-11-10(12)8(2)4-6-14-11/h4,6H,3,5,7,12H2,1-2H3,(H,13,16)(H,14,15). The van der Waals surface area contributed by atoms with Gasteiger partial charge >= 0.3 is 0 Å². The number of hydrogen-bond donors (Lipinski definition) is 3. The van der Waals surface area contributed by atoms with Crippen LogP contribution in [0, 0.1) is 6.92 Å². The fourth-order valence-electron chi connectivity index (χ4n) is 1.20. The van der Waals surface area contributed by atoms with Crippen molar-refractivity contribution in [2.24, 2.45) is 0 Å². The molecule has 4 N–H and O–H groups in total. The largest absolute Gasteiger partial charge is 0.396 e. The molecule has 5 nitrogen and oxygen atoms in total. The fraction of sp³-hybridized carbons (Fsp3) is 0.455. The fourth-order valence-corrected chi connectivity index (χ4v) is 1.20. The number of nitrogen functional groups attached to an aromatic ring is 1. The summed E-state index contributed by atoms with van der Waals surface area (Å²) in [6.45, 7) is 4.80. The number of rotatable bonds is 5. The number of anilines is 2. The Morgan fingerprint density at radius 1 is 1.56 bits per heavy atom. The van der Waals surface area contributed by atoms with E-state index in [1.165, 1.54) is 0 Å². The second kappa shape index (κ2) is 5.95. The van der Waals surface area contributed by atoms with Crippen LogP contribution >= 0.6 is 0 Å². The Kier molecular flexibility index (Phi) is 4.57. The summed E-state index contributed by atoms with van der Waals surface area (Å²) >= 11 is 0. The average molecular weight is 222 g/mol. The number of carbonyl (C=O) groups excluding carboxylic acids is 1. The van der Waals surface area contributed by atoms with Crippen molar-refractivity contribution in [1.82, 2.24) is 10.3 Å². The summed E-state index contributed by atoms with van der Waals surface area (Å²) in [4.78, 5) is 15.4. The number of nitrogens with two attached hydrogens (primary N) is 1. The molecule has 88 valence electrons. The smallest absolute Gasteiger partial charge is 0.239 e. The second-order valence-corrected chi connectivity index (χ2v) is 3.59. The zero-order valence-corrected chi connectivity index (χ0v) is 9.71. The SMILES string of the molecule is CCCNC(=O)CNc1nccc(C)c1N. The lowest BCUT2D eigenvalue weighted by atomic mass is 10.2. The minimum absolute atomic E-state index is 0.0513. The van der Waals surface area contributed by atoms with Gasteiger partial charge in [-0.05, 0) is 25.0 Å². The molecular weight excluding hydrogens is 204 g/mol. The van der Waals surface area contributed by atoms with Crippen LogP contribution in [0.4, 0.5) is 11.5 Å². The number of carbonyl (C=O) groups is 1. The number of aromatic nitrogens is 1. The highest BCUT2D eigenvalue weighted by Crippen LogP contribution is 2.17. The highest BCUT2D eigenvalue weighted by Gasteiger charge is 2.04. The molecular formula is C11H18N4O. The molecule has 0 aliphatic heterocycles. The lowest BCUT2D eigenvalue weighted by Crippen LogP contribution is -2.30. The van der Waals surface area contributed by atoms with E-state index in [0.29, 0.717) is 18.1 Å². The van der Waals surface area contributed by atoms with Crippen LogP contribution in [0.5, 0.6) is 0 Å². The monoisotopic (exact) mass is 222 g/mol. The molecule has 0 bridgehead atoms. The molecule has 1 heterocycles. The predicted molar refractivity (Wildman–Crippen MR) is 65.2 cm³/mol. The topological polar surface area (TPSA) is 80.0 Å². The van der Waals surface area contributed by atoms with Crippen molar-refractivity contribution in [2.75, 3.05) is 24.1 Å². The van der Waals surface area contributed by atoms with Crippen molar-refractivity contribution < 1.29 is 4.79 Å². The zero-order chi connectivity index (χ0) is 12.0. The molecule has 0 saturated heterocycles. The first-order chi connectivity index (χ1) is 7.65. The first kappa shape index (κ1) is 12.3. The number of aryl methyl sites for hydroxylation is 1. The quantitative estimate of drug-likeness (QED) is 0.691. The molecule has 0 saturated carbocycles. The third kappa shape index (κ3) is 3.42. The number of amides is 1. The molecule has 0 aliphatic carbocycles. The van der Waals surface area contributed by atoms with Crippen molar-refractivity contribution >= 4 is 17.4 Å². The number of nitrogens with zero attached hydrogens (tertiary/aromatic N) is 1. The molecule has 1 rings (SSSR count). The van der Waals surface area contributed by atoms with Crippen LogP contribution in [-0.4, -0.2) is 24.0 Å². The number of pyridine rings is 1. The summed E-state index contributed by atoms with van der Waals surface area (Å²) in [6.07, 6.45) is 2.59. The van der Waals surface area contributed by atoms with E-state index in [-0.39, 0.29) is 12.5 Å². The summed E-state index contributed by atoms with van der Waals surface area (Å²) in [6, 6.07) is 1.83. The Hall–Kier alpha value is -1.78. The van der Waals surface area contributed by atoms with Gasteiger partial charge in [-0.1, -0.05) is 6.92 Å². The van der Waals surface area contributed by atoms with Crippen LogP contribution < -0.4 is 16.4 Å². The van der Waals surface area contributed by atoms with Crippen molar-refractivity contribution in [3.8, 4) is 0 Å². The Labute approximate surface area is 95.4 Å². The van der Waals surface area contributed by atoms with E-state index in [4.69, 9.17) is 5.73 Å². The summed E-state index contributed by atoms with van der Waals surface area (Å²) in [5, 5.41) is 5.68. The summed E-state index contributed by atoms with van der Waals surface area (Å²) in [5.74, 6) is 0.510. The van der Waals surface area contributed by atoms with Crippen LogP contribution in [-0.2, 0) is 4.79 Å². The van der Waals surface area contributed by atoms with Crippen molar-refractivity contribution in [2.45, 2.75) is 20.3 Å². The maximum Gasteiger partial charge on any atom is 0.239 e. The molecule has 5 heteroatoms. The van der Waals surface area contributed by atoms with Gasteiger partial charge in [-0.3, -0.25) is 4.79 Å². The van der Waals surface area contributed by atoms with E-state index in [2.05, 4.69) is 15.6 Å². The maximum atomic E-state index is 11.3. The van der Waals surface area contributed by atoms with Gasteiger partial charge in [0.25, 0.3) is 0 Å². The molecule has 1 aromatic rings. The van der Waals surface area contributed by atoms with Gasteiger partial charge in [-0.2, -0.15) is 0 Å². The Balaban J connectivity index is 2.48. The number of hydrogen-bond acceptors (Lipinski definition) is 4. The van der Waals surface area contributed by atoms with E-state index in [1.54, 1.807) is 6.20 Å². The highest BCUT2D eigenvalue weighted by molar-refractivity contribution is 5.81. The molecule has 0 aliphatic rings. The first-order valence-electron chi connectivity index (χ1n) is 5.36. The van der Waals surface area contributed by atoms with E-state index >= 15 is 0 Å². The summed E-state index contributed by atoms with van der Waals surface area (Å²) in [5.41, 5.74) is 7.35.